The third-order valence-corrected chi connectivity index (χ3v) is 3.07. The summed E-state index contributed by atoms with van der Waals surface area (Å²) in [6, 6.07) is 0. The van der Waals surface area contributed by atoms with Crippen molar-refractivity contribution in [2.75, 3.05) is 26.2 Å². The first kappa shape index (κ1) is 16.7. The van der Waals surface area contributed by atoms with Gasteiger partial charge in [-0.1, -0.05) is 12.2 Å². The molecule has 0 radical (unpaired) electrons. The highest BCUT2D eigenvalue weighted by Crippen LogP contribution is 2.10. The molecule has 0 aliphatic rings. The van der Waals surface area contributed by atoms with E-state index >= 15 is 0 Å². The summed E-state index contributed by atoms with van der Waals surface area (Å²) in [7, 11) is 0. The first-order valence-electron chi connectivity index (χ1n) is 6.77. The molecule has 0 N–H and O–H groups in total. The Labute approximate surface area is 111 Å². The van der Waals surface area contributed by atoms with Crippen molar-refractivity contribution in [2.24, 2.45) is 5.92 Å². The molecule has 0 saturated heterocycles. The van der Waals surface area contributed by atoms with Crippen LogP contribution in [0.25, 0.3) is 0 Å². The first-order chi connectivity index (χ1) is 8.56. The largest absolute Gasteiger partial charge is 0.342 e. The third-order valence-electron chi connectivity index (χ3n) is 3.07. The van der Waals surface area contributed by atoms with Crippen molar-refractivity contribution in [2.45, 2.75) is 34.6 Å². The second-order valence-corrected chi connectivity index (χ2v) is 4.02. The van der Waals surface area contributed by atoms with E-state index in [0.29, 0.717) is 26.2 Å². The lowest BCUT2D eigenvalue weighted by molar-refractivity contribution is -0.144. The Morgan fingerprint density at radius 2 is 1.22 bits per heavy atom. The number of amides is 2. The van der Waals surface area contributed by atoms with Crippen LogP contribution >= 0.6 is 0 Å². The van der Waals surface area contributed by atoms with Gasteiger partial charge >= 0.3 is 0 Å². The molecule has 0 unspecified atom stereocenters. The Morgan fingerprint density at radius 1 is 0.889 bits per heavy atom. The Hall–Kier alpha value is -1.32. The molecule has 0 aromatic carbocycles. The van der Waals surface area contributed by atoms with E-state index < -0.39 is 5.92 Å². The summed E-state index contributed by atoms with van der Waals surface area (Å²) < 4.78 is 0. The van der Waals surface area contributed by atoms with Crippen molar-refractivity contribution < 1.29 is 9.59 Å². The lowest BCUT2D eigenvalue weighted by atomic mass is 10.1. The zero-order valence-corrected chi connectivity index (χ0v) is 12.3. The standard InChI is InChI=1S/C14H26N2O2/c1-6-11-12(13(17)15(7-2)8-3)14(18)16(9-4)10-5/h6,11-12H,7-10H2,1-5H3/b11-6-. The number of allylic oxidation sites excluding steroid dienone is 1. The molecule has 0 bridgehead atoms. The molecule has 104 valence electrons. The van der Waals surface area contributed by atoms with Crippen molar-refractivity contribution in [3.8, 4) is 0 Å². The van der Waals surface area contributed by atoms with E-state index in [1.165, 1.54) is 0 Å². The normalized spacial score (nSPS) is 11.0. The van der Waals surface area contributed by atoms with Crippen LogP contribution in [0.1, 0.15) is 34.6 Å². The van der Waals surface area contributed by atoms with Gasteiger partial charge in [0.05, 0.1) is 0 Å². The fraction of sp³-hybridized carbons (Fsp3) is 0.714. The van der Waals surface area contributed by atoms with Crippen LogP contribution in [-0.4, -0.2) is 47.8 Å². The maximum absolute atomic E-state index is 12.3. The fourth-order valence-electron chi connectivity index (χ4n) is 1.93. The summed E-state index contributed by atoms with van der Waals surface area (Å²) in [5.74, 6) is -0.875. The molecule has 0 aliphatic carbocycles. The van der Waals surface area contributed by atoms with Gasteiger partial charge in [-0.15, -0.1) is 0 Å². The Balaban J connectivity index is 5.06. The van der Waals surface area contributed by atoms with Crippen LogP contribution in [0.15, 0.2) is 12.2 Å². The molecule has 0 saturated carbocycles. The molecular formula is C14H26N2O2. The van der Waals surface area contributed by atoms with E-state index in [1.807, 2.05) is 34.6 Å². The van der Waals surface area contributed by atoms with Crippen LogP contribution in [0.3, 0.4) is 0 Å². The molecular weight excluding hydrogens is 228 g/mol. The molecule has 0 aromatic rings. The number of nitrogens with zero attached hydrogens (tertiary/aromatic N) is 2. The maximum Gasteiger partial charge on any atom is 0.239 e. The van der Waals surface area contributed by atoms with Crippen LogP contribution in [0.2, 0.25) is 0 Å². The van der Waals surface area contributed by atoms with Gasteiger partial charge in [-0.3, -0.25) is 9.59 Å². The molecule has 18 heavy (non-hydrogen) atoms. The first-order valence-corrected chi connectivity index (χ1v) is 6.77. The number of carbonyl (C=O) groups excluding carboxylic acids is 2. The SMILES string of the molecule is C/C=C\C(C(=O)N(CC)CC)C(=O)N(CC)CC. The summed E-state index contributed by atoms with van der Waals surface area (Å²) in [5.41, 5.74) is 0. The van der Waals surface area contributed by atoms with Crippen molar-refractivity contribution in [1.29, 1.82) is 0 Å². The summed E-state index contributed by atoms with van der Waals surface area (Å²) >= 11 is 0. The van der Waals surface area contributed by atoms with Gasteiger partial charge in [0.1, 0.15) is 5.92 Å². The molecule has 0 heterocycles. The molecule has 0 spiro atoms. The van der Waals surface area contributed by atoms with Crippen LogP contribution in [0, 0.1) is 5.92 Å². The van der Waals surface area contributed by atoms with Gasteiger partial charge in [-0.2, -0.15) is 0 Å². The number of hydrogen-bond donors (Lipinski definition) is 0. The molecule has 0 aromatic heterocycles. The predicted octanol–water partition coefficient (Wildman–Crippen LogP) is 1.92. The molecule has 0 rings (SSSR count). The van der Waals surface area contributed by atoms with Crippen LogP contribution in [-0.2, 0) is 9.59 Å². The highest BCUT2D eigenvalue weighted by molar-refractivity contribution is 6.02. The number of hydrogen-bond acceptors (Lipinski definition) is 2. The molecule has 2 amide bonds. The average Bonchev–Trinajstić information content (AvgIpc) is 2.38. The van der Waals surface area contributed by atoms with E-state index in [1.54, 1.807) is 22.0 Å². The quantitative estimate of drug-likeness (QED) is 0.514. The predicted molar refractivity (Wildman–Crippen MR) is 74.2 cm³/mol. The van der Waals surface area contributed by atoms with Crippen LogP contribution in [0.5, 0.6) is 0 Å². The number of carbonyl (C=O) groups is 2. The van der Waals surface area contributed by atoms with Gasteiger partial charge in [-0.05, 0) is 34.6 Å². The van der Waals surface area contributed by atoms with Crippen molar-refractivity contribution in [3.05, 3.63) is 12.2 Å². The summed E-state index contributed by atoms with van der Waals surface area (Å²) in [4.78, 5) is 28.0. The molecule has 0 atom stereocenters. The minimum absolute atomic E-state index is 0.102. The van der Waals surface area contributed by atoms with Crippen LogP contribution in [0.4, 0.5) is 0 Å². The van der Waals surface area contributed by atoms with Gasteiger partial charge in [-0.25, -0.2) is 0 Å². The van der Waals surface area contributed by atoms with Crippen molar-refractivity contribution in [1.82, 2.24) is 9.80 Å². The molecule has 0 fully saturated rings. The lowest BCUT2D eigenvalue weighted by Crippen LogP contribution is -2.44. The number of rotatable bonds is 7. The zero-order valence-electron chi connectivity index (χ0n) is 12.3. The van der Waals surface area contributed by atoms with Gasteiger partial charge in [0.25, 0.3) is 0 Å². The minimum atomic E-state index is -0.671. The maximum atomic E-state index is 12.3. The summed E-state index contributed by atoms with van der Waals surface area (Å²) in [5, 5.41) is 0. The minimum Gasteiger partial charge on any atom is -0.342 e. The lowest BCUT2D eigenvalue weighted by Gasteiger charge is -2.27. The topological polar surface area (TPSA) is 40.6 Å². The second-order valence-electron chi connectivity index (χ2n) is 4.02. The van der Waals surface area contributed by atoms with E-state index in [4.69, 9.17) is 0 Å². The third kappa shape index (κ3) is 4.17. The Bertz CT molecular complexity index is 268. The zero-order chi connectivity index (χ0) is 14.1. The smallest absolute Gasteiger partial charge is 0.239 e. The monoisotopic (exact) mass is 254 g/mol. The highest BCUT2D eigenvalue weighted by atomic mass is 16.2. The molecule has 0 aliphatic heterocycles. The van der Waals surface area contributed by atoms with Crippen LogP contribution < -0.4 is 0 Å². The van der Waals surface area contributed by atoms with Gasteiger partial charge in [0.2, 0.25) is 11.8 Å². The Kier molecular flexibility index (Phi) is 8.08. The van der Waals surface area contributed by atoms with E-state index in [-0.39, 0.29) is 11.8 Å². The second kappa shape index (κ2) is 8.72. The highest BCUT2D eigenvalue weighted by Gasteiger charge is 2.29. The van der Waals surface area contributed by atoms with E-state index in [0.717, 1.165) is 0 Å². The van der Waals surface area contributed by atoms with Gasteiger partial charge in [0, 0.05) is 26.2 Å². The average molecular weight is 254 g/mol. The summed E-state index contributed by atoms with van der Waals surface area (Å²) in [6.45, 7) is 12.1. The molecule has 4 heteroatoms. The van der Waals surface area contributed by atoms with Gasteiger partial charge < -0.3 is 9.80 Å². The molecule has 4 nitrogen and oxygen atoms in total. The fourth-order valence-corrected chi connectivity index (χ4v) is 1.93. The van der Waals surface area contributed by atoms with E-state index in [9.17, 15) is 9.59 Å². The van der Waals surface area contributed by atoms with Gasteiger partial charge in [0.15, 0.2) is 0 Å². The summed E-state index contributed by atoms with van der Waals surface area (Å²) in [6.07, 6.45) is 3.47. The Morgan fingerprint density at radius 3 is 1.44 bits per heavy atom. The van der Waals surface area contributed by atoms with Crippen molar-refractivity contribution >= 4 is 11.8 Å². The van der Waals surface area contributed by atoms with Crippen molar-refractivity contribution in [3.63, 3.8) is 0 Å². The van der Waals surface area contributed by atoms with E-state index in [2.05, 4.69) is 0 Å².